The van der Waals surface area contributed by atoms with Crippen LogP contribution in [-0.2, 0) is 14.3 Å². The highest BCUT2D eigenvalue weighted by Gasteiger charge is 2.20. The minimum Gasteiger partial charge on any atom is -0.389 e. The Morgan fingerprint density at radius 1 is 1.31 bits per heavy atom. The van der Waals surface area contributed by atoms with Crippen molar-refractivity contribution in [2.45, 2.75) is 12.5 Å². The van der Waals surface area contributed by atoms with Gasteiger partial charge in [-0.3, -0.25) is 9.59 Å². The van der Waals surface area contributed by atoms with E-state index in [4.69, 9.17) is 28.6 Å². The number of thiocarbonyl (C=S) groups is 1. The second kappa shape index (κ2) is 9.98. The van der Waals surface area contributed by atoms with Crippen LogP contribution in [0.25, 0.3) is 0 Å². The van der Waals surface area contributed by atoms with Crippen molar-refractivity contribution in [3.8, 4) is 0 Å². The lowest BCUT2D eigenvalue weighted by Gasteiger charge is -2.27. The number of nitrogens with one attached hydrogen (secondary N) is 2. The highest BCUT2D eigenvalue weighted by Crippen LogP contribution is 2.20. The predicted molar refractivity (Wildman–Crippen MR) is 116 cm³/mol. The van der Waals surface area contributed by atoms with Crippen LogP contribution in [0.3, 0.4) is 0 Å². The summed E-state index contributed by atoms with van der Waals surface area (Å²) in [7, 11) is 0. The highest BCUT2D eigenvalue weighted by molar-refractivity contribution is 7.81. The molecule has 1 fully saturated rings. The van der Waals surface area contributed by atoms with Crippen LogP contribution < -0.4 is 15.5 Å². The van der Waals surface area contributed by atoms with Gasteiger partial charge in [0.25, 0.3) is 11.8 Å². The number of ether oxygens (including phenoxy) is 1. The fourth-order valence-corrected chi connectivity index (χ4v) is 3.35. The number of anilines is 2. The lowest BCUT2D eigenvalue weighted by atomic mass is 10.0. The number of amides is 2. The zero-order valence-electron chi connectivity index (χ0n) is 15.7. The average molecular weight is 436 g/mol. The van der Waals surface area contributed by atoms with Gasteiger partial charge in [-0.2, -0.15) is 0 Å². The van der Waals surface area contributed by atoms with Crippen LogP contribution in [0.2, 0.25) is 0 Å². The molecule has 29 heavy (non-hydrogen) atoms. The van der Waals surface area contributed by atoms with E-state index in [0.717, 1.165) is 11.4 Å². The Bertz CT molecular complexity index is 854. The molecular formula is C20H22ClN3O4S. The van der Waals surface area contributed by atoms with Gasteiger partial charge in [0.1, 0.15) is 6.61 Å². The maximum Gasteiger partial charge on any atom is 0.253 e. The third kappa shape index (κ3) is 5.86. The van der Waals surface area contributed by atoms with Gasteiger partial charge in [0, 0.05) is 47.3 Å². The summed E-state index contributed by atoms with van der Waals surface area (Å²) in [5, 5.41) is 16.4. The number of aliphatic hydroxyl groups is 1. The highest BCUT2D eigenvalue weighted by atomic mass is 35.5. The quantitative estimate of drug-likeness (QED) is 0.565. The smallest absolute Gasteiger partial charge is 0.253 e. The number of nitrogens with zero attached hydrogens (tertiary/aromatic N) is 1. The number of hydrogen-bond acceptors (Lipinski definition) is 6. The van der Waals surface area contributed by atoms with Crippen LogP contribution in [0.5, 0.6) is 0 Å². The van der Waals surface area contributed by atoms with E-state index in [0.29, 0.717) is 35.0 Å². The van der Waals surface area contributed by atoms with E-state index >= 15 is 0 Å². The lowest BCUT2D eigenvalue weighted by Crippen LogP contribution is -2.41. The number of hydrogen-bond donors (Lipinski definition) is 3. The molecule has 0 aromatic heterocycles. The van der Waals surface area contributed by atoms with Gasteiger partial charge in [-0.1, -0.05) is 29.9 Å². The average Bonchev–Trinajstić information content (AvgIpc) is 2.73. The van der Waals surface area contributed by atoms with Crippen LogP contribution >= 0.6 is 23.8 Å². The number of allylic oxidation sites excluding steroid dienone is 3. The van der Waals surface area contributed by atoms with Gasteiger partial charge in [0.2, 0.25) is 0 Å². The van der Waals surface area contributed by atoms with Gasteiger partial charge in [-0.15, -0.1) is 0 Å². The van der Waals surface area contributed by atoms with Crippen LogP contribution in [0, 0.1) is 0 Å². The molecule has 0 bridgehead atoms. The molecule has 1 unspecified atom stereocenters. The summed E-state index contributed by atoms with van der Waals surface area (Å²) in [5.41, 5.74) is 1.97. The normalized spacial score (nSPS) is 18.1. The van der Waals surface area contributed by atoms with Crippen LogP contribution in [-0.4, -0.2) is 60.7 Å². The van der Waals surface area contributed by atoms with E-state index in [2.05, 4.69) is 10.6 Å². The van der Waals surface area contributed by atoms with Gasteiger partial charge >= 0.3 is 0 Å². The van der Waals surface area contributed by atoms with E-state index in [-0.39, 0.29) is 31.5 Å². The first kappa shape index (κ1) is 21.4. The lowest BCUT2D eigenvalue weighted by molar-refractivity contribution is -0.125. The molecule has 9 heteroatoms. The summed E-state index contributed by atoms with van der Waals surface area (Å²) in [6.07, 6.45) is 2.96. The summed E-state index contributed by atoms with van der Waals surface area (Å²) < 4.78 is 5.13. The van der Waals surface area contributed by atoms with Crippen molar-refractivity contribution in [2.75, 3.05) is 43.1 Å². The third-order valence-corrected chi connectivity index (χ3v) is 5.16. The summed E-state index contributed by atoms with van der Waals surface area (Å²) in [4.78, 5) is 26.3. The zero-order chi connectivity index (χ0) is 20.8. The van der Waals surface area contributed by atoms with Crippen molar-refractivity contribution in [2.24, 2.45) is 0 Å². The maximum absolute atomic E-state index is 12.2. The first-order valence-corrected chi connectivity index (χ1v) is 10.0. The molecule has 1 heterocycles. The summed E-state index contributed by atoms with van der Waals surface area (Å²) in [5.74, 6) is -0.410. The molecule has 3 rings (SSSR count). The Hall–Kier alpha value is -2.26. The van der Waals surface area contributed by atoms with Crippen LogP contribution in [0.4, 0.5) is 11.4 Å². The fraction of sp³-hybridized carbons (Fsp3) is 0.350. The minimum atomic E-state index is -0.789. The van der Waals surface area contributed by atoms with Gasteiger partial charge < -0.3 is 25.4 Å². The molecule has 0 radical (unpaired) electrons. The molecular weight excluding hydrogens is 414 g/mol. The van der Waals surface area contributed by atoms with Crippen molar-refractivity contribution in [1.82, 2.24) is 5.32 Å². The van der Waals surface area contributed by atoms with E-state index < -0.39 is 6.10 Å². The molecule has 2 aliphatic rings. The van der Waals surface area contributed by atoms with Crippen LogP contribution in [0.1, 0.15) is 6.42 Å². The van der Waals surface area contributed by atoms with E-state index in [1.54, 1.807) is 11.0 Å². The molecule has 154 valence electrons. The number of carbonyl (C=O) groups is 2. The molecule has 2 amide bonds. The number of morpholine rings is 1. The standard InChI is InChI=1S/C20H22ClN3O4S/c21-13-1-6-18(29)17(9-13)20(27)23-11-16(25)10-22-14-2-4-15(5-3-14)24-7-8-28-12-19(24)26/h1-5,9,16,22,25H,6-8,10-12H2,(H,23,27). The Morgan fingerprint density at radius 3 is 2.79 bits per heavy atom. The Balaban J connectivity index is 1.45. The molecule has 0 saturated carbocycles. The van der Waals surface area contributed by atoms with E-state index in [1.165, 1.54) is 6.08 Å². The second-order valence-electron chi connectivity index (χ2n) is 6.66. The van der Waals surface area contributed by atoms with Crippen molar-refractivity contribution < 1.29 is 19.4 Å². The number of aliphatic hydroxyl groups excluding tert-OH is 1. The number of carbonyl (C=O) groups excluding carboxylic acids is 2. The minimum absolute atomic E-state index is 0.0625. The molecule has 3 N–H and O–H groups in total. The number of benzene rings is 1. The molecule has 1 aromatic rings. The SMILES string of the molecule is O=C(NCC(O)CNc1ccc(N2CCOCC2=O)cc1)C1=CC(Cl)=CCC1=S. The van der Waals surface area contributed by atoms with Gasteiger partial charge in [0.15, 0.2) is 0 Å². The molecule has 1 aliphatic carbocycles. The first-order valence-electron chi connectivity index (χ1n) is 9.23. The molecule has 1 aliphatic heterocycles. The predicted octanol–water partition coefficient (Wildman–Crippen LogP) is 1.76. The Kier molecular flexibility index (Phi) is 7.38. The number of rotatable bonds is 7. The maximum atomic E-state index is 12.2. The summed E-state index contributed by atoms with van der Waals surface area (Å²) in [6.45, 7) is 1.48. The summed E-state index contributed by atoms with van der Waals surface area (Å²) >= 11 is 11.1. The summed E-state index contributed by atoms with van der Waals surface area (Å²) in [6, 6.07) is 7.35. The van der Waals surface area contributed by atoms with Crippen LogP contribution in [0.15, 0.2) is 47.0 Å². The van der Waals surface area contributed by atoms with Gasteiger partial charge in [0.05, 0.1) is 18.3 Å². The Morgan fingerprint density at radius 2 is 2.07 bits per heavy atom. The molecule has 1 saturated heterocycles. The monoisotopic (exact) mass is 435 g/mol. The van der Waals surface area contributed by atoms with Crippen molar-refractivity contribution >= 4 is 51.9 Å². The van der Waals surface area contributed by atoms with Gasteiger partial charge in [-0.25, -0.2) is 0 Å². The largest absolute Gasteiger partial charge is 0.389 e. The van der Waals surface area contributed by atoms with Crippen molar-refractivity contribution in [3.05, 3.63) is 47.0 Å². The van der Waals surface area contributed by atoms with E-state index in [1.807, 2.05) is 24.3 Å². The van der Waals surface area contributed by atoms with Gasteiger partial charge in [-0.05, 0) is 30.3 Å². The topological polar surface area (TPSA) is 90.9 Å². The number of halogens is 1. The third-order valence-electron chi connectivity index (χ3n) is 4.51. The molecule has 1 aromatic carbocycles. The molecule has 0 spiro atoms. The second-order valence-corrected chi connectivity index (χ2v) is 7.59. The first-order chi connectivity index (χ1) is 13.9. The Labute approximate surface area is 179 Å². The van der Waals surface area contributed by atoms with E-state index in [9.17, 15) is 14.7 Å². The molecule has 1 atom stereocenters. The molecule has 7 nitrogen and oxygen atoms in total. The van der Waals surface area contributed by atoms with Crippen molar-refractivity contribution in [3.63, 3.8) is 0 Å². The van der Waals surface area contributed by atoms with Crippen molar-refractivity contribution in [1.29, 1.82) is 0 Å². The zero-order valence-corrected chi connectivity index (χ0v) is 17.3. The fourth-order valence-electron chi connectivity index (χ4n) is 2.93.